The molecule has 194 valence electrons. The van der Waals surface area contributed by atoms with Gasteiger partial charge in [0.05, 0.1) is 6.04 Å². The Kier molecular flexibility index (Phi) is 7.30. The van der Waals surface area contributed by atoms with Gasteiger partial charge in [-0.3, -0.25) is 4.79 Å². The maximum absolute atomic E-state index is 12.7. The number of pyridine rings is 1. The second-order valence-corrected chi connectivity index (χ2v) is 11.3. The Labute approximate surface area is 215 Å². The highest BCUT2D eigenvalue weighted by molar-refractivity contribution is 5.94. The SMILES string of the molecule is CC(=O)N1c2ccc(C3CCN(C(=O)OC(C)(C)C)CC3)cc2[C@H](Nc2cccc(C)n2)[C@@H](C)[C@@H]1C. The van der Waals surface area contributed by atoms with E-state index in [1.807, 2.05) is 55.7 Å². The Hall–Kier alpha value is -3.09. The fraction of sp³-hybridized carbons (Fsp3) is 0.552. The van der Waals surface area contributed by atoms with E-state index in [9.17, 15) is 9.59 Å². The molecule has 36 heavy (non-hydrogen) atoms. The van der Waals surface area contributed by atoms with Crippen LogP contribution in [0.25, 0.3) is 0 Å². The first-order valence-corrected chi connectivity index (χ1v) is 13.1. The molecule has 2 amide bonds. The van der Waals surface area contributed by atoms with Crippen molar-refractivity contribution in [2.24, 2.45) is 5.92 Å². The van der Waals surface area contributed by atoms with E-state index in [0.717, 1.165) is 35.6 Å². The molecule has 7 nitrogen and oxygen atoms in total. The lowest BCUT2D eigenvalue weighted by atomic mass is 9.80. The number of rotatable bonds is 3. The number of ether oxygens (including phenoxy) is 1. The number of likely N-dealkylation sites (tertiary alicyclic amines) is 1. The van der Waals surface area contributed by atoms with Crippen LogP contribution in [0.1, 0.15) is 83.2 Å². The molecular formula is C29H40N4O3. The normalized spacial score (nSPS) is 22.7. The minimum Gasteiger partial charge on any atom is -0.444 e. The predicted octanol–water partition coefficient (Wildman–Crippen LogP) is 6.05. The number of nitrogens with one attached hydrogen (secondary N) is 1. The summed E-state index contributed by atoms with van der Waals surface area (Å²) in [6, 6.07) is 12.6. The van der Waals surface area contributed by atoms with E-state index in [4.69, 9.17) is 4.74 Å². The standard InChI is InChI=1S/C29H40N4O3/c1-18-9-8-10-26(30-18)31-27-19(2)20(3)33(21(4)34)25-12-11-23(17-24(25)27)22-13-15-32(16-14-22)28(35)36-29(5,6)7/h8-12,17,19-20,22,27H,13-16H2,1-7H3,(H,30,31)/t19-,20-,27+/m0/s1. The van der Waals surface area contributed by atoms with Gasteiger partial charge in [0.1, 0.15) is 11.4 Å². The number of aryl methyl sites for hydroxylation is 1. The van der Waals surface area contributed by atoms with Gasteiger partial charge in [0, 0.05) is 43.4 Å². The molecule has 1 aromatic carbocycles. The van der Waals surface area contributed by atoms with Gasteiger partial charge in [0.15, 0.2) is 0 Å². The fourth-order valence-electron chi connectivity index (χ4n) is 5.48. The molecular weight excluding hydrogens is 452 g/mol. The second-order valence-electron chi connectivity index (χ2n) is 11.3. The van der Waals surface area contributed by atoms with Crippen molar-refractivity contribution in [3.05, 3.63) is 53.2 Å². The van der Waals surface area contributed by atoms with Crippen LogP contribution in [0.15, 0.2) is 36.4 Å². The first-order chi connectivity index (χ1) is 16.9. The molecule has 3 atom stereocenters. The van der Waals surface area contributed by atoms with E-state index in [2.05, 4.69) is 42.3 Å². The molecule has 1 N–H and O–H groups in total. The van der Waals surface area contributed by atoms with Crippen LogP contribution in [-0.2, 0) is 9.53 Å². The number of hydrogen-bond acceptors (Lipinski definition) is 5. The monoisotopic (exact) mass is 492 g/mol. The zero-order valence-corrected chi connectivity index (χ0v) is 22.7. The Morgan fingerprint density at radius 2 is 1.78 bits per heavy atom. The summed E-state index contributed by atoms with van der Waals surface area (Å²) >= 11 is 0. The molecule has 1 aromatic heterocycles. The number of nitrogens with zero attached hydrogens (tertiary/aromatic N) is 3. The third-order valence-electron chi connectivity index (χ3n) is 7.49. The summed E-state index contributed by atoms with van der Waals surface area (Å²) in [6.45, 7) is 15.0. The van der Waals surface area contributed by atoms with Gasteiger partial charge in [0.2, 0.25) is 5.91 Å². The van der Waals surface area contributed by atoms with Gasteiger partial charge in [-0.1, -0.05) is 25.1 Å². The van der Waals surface area contributed by atoms with Gasteiger partial charge >= 0.3 is 6.09 Å². The highest BCUT2D eigenvalue weighted by Crippen LogP contribution is 2.44. The minimum absolute atomic E-state index is 0.0294. The molecule has 0 bridgehead atoms. The second kappa shape index (κ2) is 10.1. The molecule has 0 aliphatic carbocycles. The molecule has 0 radical (unpaired) electrons. The third-order valence-corrected chi connectivity index (χ3v) is 7.49. The van der Waals surface area contributed by atoms with Crippen molar-refractivity contribution in [2.45, 2.75) is 84.9 Å². The van der Waals surface area contributed by atoms with E-state index in [1.165, 1.54) is 5.56 Å². The molecule has 0 spiro atoms. The van der Waals surface area contributed by atoms with E-state index in [1.54, 1.807) is 6.92 Å². The molecule has 2 aliphatic heterocycles. The summed E-state index contributed by atoms with van der Waals surface area (Å²) in [6.07, 6.45) is 1.54. The third kappa shape index (κ3) is 5.50. The van der Waals surface area contributed by atoms with Crippen molar-refractivity contribution in [2.75, 3.05) is 23.3 Å². The number of benzene rings is 1. The number of hydrogen-bond donors (Lipinski definition) is 1. The van der Waals surface area contributed by atoms with Crippen LogP contribution in [0.2, 0.25) is 0 Å². The molecule has 1 fully saturated rings. The van der Waals surface area contributed by atoms with Crippen LogP contribution < -0.4 is 10.2 Å². The fourth-order valence-corrected chi connectivity index (χ4v) is 5.48. The molecule has 7 heteroatoms. The van der Waals surface area contributed by atoms with Gasteiger partial charge in [-0.25, -0.2) is 9.78 Å². The van der Waals surface area contributed by atoms with Crippen molar-refractivity contribution < 1.29 is 14.3 Å². The van der Waals surface area contributed by atoms with E-state index in [0.29, 0.717) is 19.0 Å². The first kappa shape index (κ1) is 26.0. The van der Waals surface area contributed by atoms with Gasteiger partial charge in [-0.2, -0.15) is 0 Å². The van der Waals surface area contributed by atoms with Gasteiger partial charge in [0.25, 0.3) is 0 Å². The smallest absolute Gasteiger partial charge is 0.410 e. The van der Waals surface area contributed by atoms with Gasteiger partial charge < -0.3 is 19.9 Å². The predicted molar refractivity (Wildman–Crippen MR) is 143 cm³/mol. The Morgan fingerprint density at radius 3 is 2.39 bits per heavy atom. The van der Waals surface area contributed by atoms with Crippen molar-refractivity contribution >= 4 is 23.5 Å². The average molecular weight is 493 g/mol. The number of anilines is 2. The Balaban J connectivity index is 1.60. The van der Waals surface area contributed by atoms with Crippen LogP contribution in [0.4, 0.5) is 16.3 Å². The molecule has 0 unspecified atom stereocenters. The number of carbonyl (C=O) groups is 2. The van der Waals surface area contributed by atoms with Crippen molar-refractivity contribution in [1.82, 2.24) is 9.88 Å². The largest absolute Gasteiger partial charge is 0.444 e. The molecule has 3 heterocycles. The summed E-state index contributed by atoms with van der Waals surface area (Å²) in [4.78, 5) is 33.6. The number of carbonyl (C=O) groups excluding carboxylic acids is 2. The van der Waals surface area contributed by atoms with Crippen LogP contribution in [0, 0.1) is 12.8 Å². The number of piperidine rings is 1. The summed E-state index contributed by atoms with van der Waals surface area (Å²) < 4.78 is 5.56. The van der Waals surface area contributed by atoms with E-state index >= 15 is 0 Å². The molecule has 0 saturated carbocycles. The number of fused-ring (bicyclic) bond motifs is 1. The number of amides is 2. The van der Waals surface area contributed by atoms with Crippen molar-refractivity contribution in [1.29, 1.82) is 0 Å². The Bertz CT molecular complexity index is 1120. The summed E-state index contributed by atoms with van der Waals surface area (Å²) in [5, 5.41) is 3.67. The van der Waals surface area contributed by atoms with E-state index in [-0.39, 0.29) is 30.0 Å². The highest BCUT2D eigenvalue weighted by Gasteiger charge is 2.39. The molecule has 2 aromatic rings. The van der Waals surface area contributed by atoms with Crippen LogP contribution >= 0.6 is 0 Å². The first-order valence-electron chi connectivity index (χ1n) is 13.1. The Morgan fingerprint density at radius 1 is 1.08 bits per heavy atom. The highest BCUT2D eigenvalue weighted by atomic mass is 16.6. The summed E-state index contributed by atoms with van der Waals surface area (Å²) in [7, 11) is 0. The zero-order chi connectivity index (χ0) is 26.2. The minimum atomic E-state index is -0.489. The van der Waals surface area contributed by atoms with Gasteiger partial charge in [-0.05, 0) is 82.7 Å². The summed E-state index contributed by atoms with van der Waals surface area (Å²) in [5.74, 6) is 1.44. The quantitative estimate of drug-likeness (QED) is 0.565. The van der Waals surface area contributed by atoms with Crippen LogP contribution in [0.5, 0.6) is 0 Å². The van der Waals surface area contributed by atoms with Crippen LogP contribution in [0.3, 0.4) is 0 Å². The molecule has 1 saturated heterocycles. The lowest BCUT2D eigenvalue weighted by Crippen LogP contribution is -2.48. The average Bonchev–Trinajstić information content (AvgIpc) is 2.81. The van der Waals surface area contributed by atoms with Crippen LogP contribution in [-0.4, -0.2) is 46.6 Å². The maximum Gasteiger partial charge on any atom is 0.410 e. The topological polar surface area (TPSA) is 74.8 Å². The lowest BCUT2D eigenvalue weighted by molar-refractivity contribution is -0.117. The van der Waals surface area contributed by atoms with E-state index < -0.39 is 5.60 Å². The molecule has 2 aliphatic rings. The van der Waals surface area contributed by atoms with Gasteiger partial charge in [-0.15, -0.1) is 0 Å². The zero-order valence-electron chi connectivity index (χ0n) is 22.7. The molecule has 4 rings (SSSR count). The van der Waals surface area contributed by atoms with Crippen molar-refractivity contribution in [3.63, 3.8) is 0 Å². The number of aromatic nitrogens is 1. The lowest BCUT2D eigenvalue weighted by Gasteiger charge is -2.44. The maximum atomic E-state index is 12.7. The summed E-state index contributed by atoms with van der Waals surface area (Å²) in [5.41, 5.74) is 3.83. The van der Waals surface area contributed by atoms with Crippen molar-refractivity contribution in [3.8, 4) is 0 Å².